The van der Waals surface area contributed by atoms with Gasteiger partial charge in [0, 0.05) is 31.2 Å². The molecular weight excluding hydrogens is 208 g/mol. The van der Waals surface area contributed by atoms with Gasteiger partial charge >= 0.3 is 0 Å². The lowest BCUT2D eigenvalue weighted by atomic mass is 9.89. The molecular formula is C15H30N2. The number of hydrogen-bond donors (Lipinski definition) is 1. The Morgan fingerprint density at radius 3 is 2.24 bits per heavy atom. The van der Waals surface area contributed by atoms with E-state index in [4.69, 9.17) is 0 Å². The number of rotatable bonds is 1. The smallest absolute Gasteiger partial charge is 0.0252 e. The third kappa shape index (κ3) is 3.69. The summed E-state index contributed by atoms with van der Waals surface area (Å²) in [6.07, 6.45) is 7.18. The first-order valence-corrected chi connectivity index (χ1v) is 7.37. The van der Waals surface area contributed by atoms with Crippen LogP contribution in [0, 0.1) is 5.41 Å². The molecule has 0 spiro atoms. The molecule has 1 N–H and O–H groups in total. The van der Waals surface area contributed by atoms with Crippen LogP contribution in [0.15, 0.2) is 0 Å². The molecule has 0 atom stereocenters. The molecule has 2 aliphatic rings. The predicted octanol–water partition coefficient (Wildman–Crippen LogP) is 3.03. The van der Waals surface area contributed by atoms with E-state index in [-0.39, 0.29) is 5.54 Å². The standard InChI is InChI=1S/C15H30N2/c1-14(2)10-16-15(3,4)12-17(11-14)13-8-6-5-7-9-13/h13,16H,5-12H2,1-4H3. The van der Waals surface area contributed by atoms with E-state index >= 15 is 0 Å². The van der Waals surface area contributed by atoms with Crippen molar-refractivity contribution in [2.75, 3.05) is 19.6 Å². The van der Waals surface area contributed by atoms with Crippen molar-refractivity contribution < 1.29 is 0 Å². The Bertz CT molecular complexity index is 234. The molecule has 1 heterocycles. The third-order valence-corrected chi connectivity index (χ3v) is 4.37. The maximum absolute atomic E-state index is 3.74. The van der Waals surface area contributed by atoms with Gasteiger partial charge in [0.25, 0.3) is 0 Å². The topological polar surface area (TPSA) is 15.3 Å². The van der Waals surface area contributed by atoms with Crippen molar-refractivity contribution >= 4 is 0 Å². The Kier molecular flexibility index (Phi) is 3.84. The average Bonchev–Trinajstić information content (AvgIpc) is 2.37. The minimum absolute atomic E-state index is 0.269. The fourth-order valence-electron chi connectivity index (χ4n) is 3.41. The van der Waals surface area contributed by atoms with Crippen molar-refractivity contribution in [2.45, 2.75) is 71.4 Å². The fourth-order valence-corrected chi connectivity index (χ4v) is 3.41. The molecule has 0 aromatic rings. The van der Waals surface area contributed by atoms with E-state index < -0.39 is 0 Å². The summed E-state index contributed by atoms with van der Waals surface area (Å²) in [7, 11) is 0. The van der Waals surface area contributed by atoms with Crippen molar-refractivity contribution in [1.29, 1.82) is 0 Å². The fraction of sp³-hybridized carbons (Fsp3) is 1.00. The molecule has 0 aromatic carbocycles. The van der Waals surface area contributed by atoms with Gasteiger partial charge in [-0.15, -0.1) is 0 Å². The Balaban J connectivity index is 2.07. The second-order valence-electron chi connectivity index (χ2n) is 7.60. The molecule has 2 fully saturated rings. The van der Waals surface area contributed by atoms with Gasteiger partial charge in [0.15, 0.2) is 0 Å². The summed E-state index contributed by atoms with van der Waals surface area (Å²) in [5.74, 6) is 0. The first-order chi connectivity index (χ1) is 7.88. The number of hydrogen-bond acceptors (Lipinski definition) is 2. The van der Waals surface area contributed by atoms with Gasteiger partial charge in [-0.05, 0) is 32.1 Å². The summed E-state index contributed by atoms with van der Waals surface area (Å²) >= 11 is 0. The zero-order chi connectivity index (χ0) is 12.5. The molecule has 17 heavy (non-hydrogen) atoms. The van der Waals surface area contributed by atoms with Crippen LogP contribution in [-0.4, -0.2) is 36.1 Å². The zero-order valence-electron chi connectivity index (χ0n) is 12.2. The highest BCUT2D eigenvalue weighted by atomic mass is 15.2. The summed E-state index contributed by atoms with van der Waals surface area (Å²) in [4.78, 5) is 2.78. The van der Waals surface area contributed by atoms with Crippen molar-refractivity contribution in [2.24, 2.45) is 5.41 Å². The van der Waals surface area contributed by atoms with Crippen molar-refractivity contribution in [3.8, 4) is 0 Å². The number of nitrogens with one attached hydrogen (secondary N) is 1. The molecule has 0 bridgehead atoms. The van der Waals surface area contributed by atoms with Crippen molar-refractivity contribution in [3.63, 3.8) is 0 Å². The first kappa shape index (κ1) is 13.4. The lowest BCUT2D eigenvalue weighted by molar-refractivity contribution is 0.108. The minimum Gasteiger partial charge on any atom is -0.310 e. The lowest BCUT2D eigenvalue weighted by Crippen LogP contribution is -2.49. The highest BCUT2D eigenvalue weighted by Gasteiger charge is 2.35. The van der Waals surface area contributed by atoms with E-state index in [0.29, 0.717) is 5.41 Å². The van der Waals surface area contributed by atoms with Gasteiger partial charge in [-0.2, -0.15) is 0 Å². The maximum atomic E-state index is 3.74. The van der Waals surface area contributed by atoms with Gasteiger partial charge in [0.2, 0.25) is 0 Å². The van der Waals surface area contributed by atoms with Crippen molar-refractivity contribution in [1.82, 2.24) is 10.2 Å². The Labute approximate surface area is 107 Å². The van der Waals surface area contributed by atoms with Gasteiger partial charge in [0.05, 0.1) is 0 Å². The zero-order valence-corrected chi connectivity index (χ0v) is 12.2. The summed E-state index contributed by atoms with van der Waals surface area (Å²) in [6, 6.07) is 0.849. The molecule has 0 aromatic heterocycles. The largest absolute Gasteiger partial charge is 0.310 e. The van der Waals surface area contributed by atoms with Crippen LogP contribution in [0.4, 0.5) is 0 Å². The van der Waals surface area contributed by atoms with Gasteiger partial charge in [0.1, 0.15) is 0 Å². The highest BCUT2D eigenvalue weighted by Crippen LogP contribution is 2.29. The predicted molar refractivity (Wildman–Crippen MR) is 74.3 cm³/mol. The highest BCUT2D eigenvalue weighted by molar-refractivity contribution is 4.93. The van der Waals surface area contributed by atoms with Crippen LogP contribution in [-0.2, 0) is 0 Å². The second-order valence-corrected chi connectivity index (χ2v) is 7.60. The summed E-state index contributed by atoms with van der Waals surface area (Å²) in [5.41, 5.74) is 0.677. The van der Waals surface area contributed by atoms with Gasteiger partial charge in [-0.25, -0.2) is 0 Å². The molecule has 0 radical (unpaired) electrons. The Morgan fingerprint density at radius 2 is 1.59 bits per heavy atom. The van der Waals surface area contributed by atoms with E-state index in [1.54, 1.807) is 0 Å². The SMILES string of the molecule is CC1(C)CNC(C)(C)CN(C2CCCCC2)C1. The van der Waals surface area contributed by atoms with Crippen LogP contribution in [0.3, 0.4) is 0 Å². The average molecular weight is 238 g/mol. The molecule has 2 rings (SSSR count). The molecule has 1 aliphatic heterocycles. The monoisotopic (exact) mass is 238 g/mol. The van der Waals surface area contributed by atoms with E-state index in [9.17, 15) is 0 Å². The van der Waals surface area contributed by atoms with Crippen LogP contribution in [0.5, 0.6) is 0 Å². The Morgan fingerprint density at radius 1 is 0.941 bits per heavy atom. The Hall–Kier alpha value is -0.0800. The molecule has 1 aliphatic carbocycles. The minimum atomic E-state index is 0.269. The quantitative estimate of drug-likeness (QED) is 0.755. The van der Waals surface area contributed by atoms with Gasteiger partial charge < -0.3 is 5.32 Å². The van der Waals surface area contributed by atoms with Gasteiger partial charge in [-0.1, -0.05) is 33.1 Å². The summed E-state index contributed by atoms with van der Waals surface area (Å²) in [5, 5.41) is 3.74. The molecule has 2 heteroatoms. The second kappa shape index (κ2) is 4.89. The molecule has 0 unspecified atom stereocenters. The van der Waals surface area contributed by atoms with E-state index in [1.165, 1.54) is 45.2 Å². The van der Waals surface area contributed by atoms with Crippen LogP contribution in [0.1, 0.15) is 59.8 Å². The normalized spacial score (nSPS) is 31.1. The van der Waals surface area contributed by atoms with Crippen LogP contribution in [0.25, 0.3) is 0 Å². The van der Waals surface area contributed by atoms with E-state index in [2.05, 4.69) is 37.9 Å². The third-order valence-electron chi connectivity index (χ3n) is 4.37. The van der Waals surface area contributed by atoms with Gasteiger partial charge in [-0.3, -0.25) is 4.90 Å². The molecule has 2 nitrogen and oxygen atoms in total. The maximum Gasteiger partial charge on any atom is 0.0252 e. The lowest BCUT2D eigenvalue weighted by Gasteiger charge is -2.39. The molecule has 1 saturated heterocycles. The van der Waals surface area contributed by atoms with Crippen LogP contribution < -0.4 is 5.32 Å². The number of nitrogens with zero attached hydrogens (tertiary/aromatic N) is 1. The van der Waals surface area contributed by atoms with Crippen LogP contribution >= 0.6 is 0 Å². The van der Waals surface area contributed by atoms with Crippen LogP contribution in [0.2, 0.25) is 0 Å². The molecule has 100 valence electrons. The van der Waals surface area contributed by atoms with E-state index in [0.717, 1.165) is 12.6 Å². The molecule has 0 amide bonds. The summed E-state index contributed by atoms with van der Waals surface area (Å²) in [6.45, 7) is 13.1. The first-order valence-electron chi connectivity index (χ1n) is 7.37. The van der Waals surface area contributed by atoms with E-state index in [1.807, 2.05) is 0 Å². The van der Waals surface area contributed by atoms with Crippen molar-refractivity contribution in [3.05, 3.63) is 0 Å². The molecule has 1 saturated carbocycles. The summed E-state index contributed by atoms with van der Waals surface area (Å²) < 4.78 is 0.